The number of ether oxygens (including phenoxy) is 1. The predicted molar refractivity (Wildman–Crippen MR) is 188 cm³/mol. The number of aryl methyl sites for hydroxylation is 1. The van der Waals surface area contributed by atoms with Gasteiger partial charge in [0.2, 0.25) is 5.91 Å². The van der Waals surface area contributed by atoms with Crippen molar-refractivity contribution in [3.8, 4) is 5.75 Å². The van der Waals surface area contributed by atoms with Crippen LogP contribution in [0.3, 0.4) is 0 Å². The highest BCUT2D eigenvalue weighted by Crippen LogP contribution is 2.38. The summed E-state index contributed by atoms with van der Waals surface area (Å²) in [6.07, 6.45) is 3.72. The lowest BCUT2D eigenvalue weighted by atomic mass is 9.80. The second kappa shape index (κ2) is 15.9. The second-order valence-corrected chi connectivity index (χ2v) is 14.4. The number of carbonyl (C=O) groups is 1. The first-order chi connectivity index (χ1) is 23.2. The molecule has 1 aliphatic carbocycles. The third-order valence-electron chi connectivity index (χ3n) is 9.50. The number of halogens is 5. The van der Waals surface area contributed by atoms with E-state index in [0.717, 1.165) is 66.8 Å². The van der Waals surface area contributed by atoms with Crippen molar-refractivity contribution in [2.24, 2.45) is 5.92 Å². The molecule has 3 aliphatic rings. The Morgan fingerprint density at radius 2 is 1.88 bits per heavy atom. The quantitative estimate of drug-likeness (QED) is 0.181. The van der Waals surface area contributed by atoms with Crippen molar-refractivity contribution in [2.45, 2.75) is 70.1 Å². The van der Waals surface area contributed by atoms with Gasteiger partial charge in [-0.2, -0.15) is 0 Å². The average molecular weight is 721 g/mol. The van der Waals surface area contributed by atoms with Crippen LogP contribution in [0.2, 0.25) is 15.1 Å². The Kier molecular flexibility index (Phi) is 11.6. The Labute approximate surface area is 296 Å². The fraction of sp³-hybridized carbons (Fsp3) is 0.500. The van der Waals surface area contributed by atoms with Crippen LogP contribution in [0.15, 0.2) is 48.7 Å². The molecule has 3 aromatic rings. The summed E-state index contributed by atoms with van der Waals surface area (Å²) in [5.41, 5.74) is 3.94. The number of aromatic nitrogens is 1. The van der Waals surface area contributed by atoms with Gasteiger partial charge in [0.15, 0.2) is 5.75 Å². The molecule has 2 aliphatic heterocycles. The second-order valence-electron chi connectivity index (χ2n) is 13.2. The van der Waals surface area contributed by atoms with Crippen molar-refractivity contribution >= 4 is 46.5 Å². The van der Waals surface area contributed by atoms with Crippen LogP contribution in [-0.2, 0) is 17.8 Å². The van der Waals surface area contributed by atoms with Crippen LogP contribution in [0, 0.1) is 12.8 Å². The zero-order valence-electron chi connectivity index (χ0n) is 27.0. The number of nitrogens with one attached hydrogen (secondary N) is 2. The van der Waals surface area contributed by atoms with Gasteiger partial charge < -0.3 is 25.2 Å². The number of carbonyl (C=O) groups excluding carboxylic acids is 1. The van der Waals surface area contributed by atoms with Crippen molar-refractivity contribution in [2.75, 3.05) is 44.2 Å². The molecule has 0 radical (unpaired) electrons. The smallest absolute Gasteiger partial charge is 0.250 e. The number of amides is 1. The highest BCUT2D eigenvalue weighted by atomic mass is 35.5. The maximum Gasteiger partial charge on any atom is 0.250 e. The van der Waals surface area contributed by atoms with Crippen LogP contribution in [-0.4, -0.2) is 73.6 Å². The van der Waals surface area contributed by atoms with Crippen LogP contribution in [0.25, 0.3) is 0 Å². The molecule has 2 aromatic carbocycles. The molecule has 12 heteroatoms. The zero-order valence-corrected chi connectivity index (χ0v) is 29.3. The normalized spacial score (nSPS) is 21.1. The first-order valence-electron chi connectivity index (χ1n) is 16.8. The minimum atomic E-state index is -2.38. The van der Waals surface area contributed by atoms with Crippen LogP contribution in [0.5, 0.6) is 5.75 Å². The number of anilines is 1. The molecule has 0 unspecified atom stereocenters. The number of benzene rings is 2. The molecule has 48 heavy (non-hydrogen) atoms. The summed E-state index contributed by atoms with van der Waals surface area (Å²) < 4.78 is 31.2. The van der Waals surface area contributed by atoms with E-state index in [9.17, 15) is 13.6 Å². The molecule has 7 nitrogen and oxygen atoms in total. The largest absolute Gasteiger partial charge is 0.485 e. The molecular weight excluding hydrogens is 679 g/mol. The number of rotatable bonds is 13. The van der Waals surface area contributed by atoms with E-state index in [-0.39, 0.29) is 36.4 Å². The molecule has 3 fully saturated rings. The number of piperidine rings is 1. The summed E-state index contributed by atoms with van der Waals surface area (Å²) in [6.45, 7) is 5.41. The molecule has 1 aromatic heterocycles. The highest BCUT2D eigenvalue weighted by molar-refractivity contribution is 6.37. The molecule has 2 N–H and O–H groups in total. The monoisotopic (exact) mass is 719 g/mol. The number of hydrogen-bond donors (Lipinski definition) is 2. The van der Waals surface area contributed by atoms with Gasteiger partial charge >= 0.3 is 0 Å². The Balaban J connectivity index is 1.10. The molecule has 6 rings (SSSR count). The van der Waals surface area contributed by atoms with Crippen LogP contribution in [0.1, 0.15) is 53.9 Å². The Morgan fingerprint density at radius 1 is 1.08 bits per heavy atom. The van der Waals surface area contributed by atoms with E-state index < -0.39 is 6.43 Å². The summed E-state index contributed by atoms with van der Waals surface area (Å²) in [6, 6.07) is 13.8. The van der Waals surface area contributed by atoms with E-state index in [2.05, 4.69) is 21.6 Å². The molecule has 0 bridgehead atoms. The Morgan fingerprint density at radius 3 is 2.58 bits per heavy atom. The van der Waals surface area contributed by atoms with Crippen molar-refractivity contribution in [3.05, 3.63) is 86.0 Å². The van der Waals surface area contributed by atoms with E-state index in [1.807, 2.05) is 54.4 Å². The molecule has 1 amide bonds. The molecule has 1 saturated carbocycles. The summed E-state index contributed by atoms with van der Waals surface area (Å²) in [7, 11) is 0. The number of pyridine rings is 1. The van der Waals surface area contributed by atoms with Gasteiger partial charge in [-0.05, 0) is 98.1 Å². The lowest BCUT2D eigenvalue weighted by Crippen LogP contribution is -2.47. The van der Waals surface area contributed by atoms with Crippen molar-refractivity contribution in [3.63, 3.8) is 0 Å². The first kappa shape index (κ1) is 35.1. The maximum atomic E-state index is 14.3. The Bertz CT molecular complexity index is 1550. The topological polar surface area (TPSA) is 69.7 Å². The third-order valence-corrected chi connectivity index (χ3v) is 10.4. The van der Waals surface area contributed by atoms with Crippen molar-refractivity contribution in [1.29, 1.82) is 0 Å². The van der Waals surface area contributed by atoms with E-state index in [4.69, 9.17) is 44.5 Å². The molecule has 258 valence electrons. The van der Waals surface area contributed by atoms with Gasteiger partial charge in [0.05, 0.1) is 29.1 Å². The standard InChI is InChI=1S/C36H42Cl3F2N5O2/c1-22-14-31(38)35(32(39)15-22)48-27-10-13-45(21-27)34-7-3-24(17-44-34)28-9-12-42-18-29(28)36(47)46(26-4-5-26)20-25-16-23(2-6-30(25)37)8-11-43-19-33(40)41/h2-3,6-7,14-17,26-29,33,42-43H,4-5,8-13,18-21H2,1H3/t27-,28-,29+/m1/s1. The predicted octanol–water partition coefficient (Wildman–Crippen LogP) is 7.29. The zero-order chi connectivity index (χ0) is 33.8. The lowest BCUT2D eigenvalue weighted by molar-refractivity contribution is -0.138. The van der Waals surface area contributed by atoms with E-state index >= 15 is 0 Å². The number of nitrogens with zero attached hydrogens (tertiary/aromatic N) is 3. The number of hydrogen-bond acceptors (Lipinski definition) is 6. The van der Waals surface area contributed by atoms with Crippen LogP contribution in [0.4, 0.5) is 14.6 Å². The average Bonchev–Trinajstić information content (AvgIpc) is 3.81. The van der Waals surface area contributed by atoms with Crippen LogP contribution >= 0.6 is 34.8 Å². The Hall–Kier alpha value is -2.69. The van der Waals surface area contributed by atoms with Crippen molar-refractivity contribution in [1.82, 2.24) is 20.5 Å². The molecular formula is C36H42Cl3F2N5O2. The van der Waals surface area contributed by atoms with Gasteiger partial charge in [0.25, 0.3) is 6.43 Å². The van der Waals surface area contributed by atoms with Gasteiger partial charge in [0.1, 0.15) is 11.9 Å². The summed E-state index contributed by atoms with van der Waals surface area (Å²) in [5, 5.41) is 7.86. The van der Waals surface area contributed by atoms with E-state index in [1.165, 1.54) is 0 Å². The SMILES string of the molecule is Cc1cc(Cl)c(O[C@@H]2CCN(c3ccc([C@H]4CCNC[C@@H]4C(=O)N(Cc4cc(CCNCC(F)F)ccc4Cl)C4CC4)cn3)C2)c(Cl)c1. The van der Waals surface area contributed by atoms with Gasteiger partial charge in [-0.25, -0.2) is 13.8 Å². The summed E-state index contributed by atoms with van der Waals surface area (Å²) in [5.74, 6) is 1.36. The fourth-order valence-corrected chi connectivity index (χ4v) is 7.70. The minimum absolute atomic E-state index is 0.0461. The summed E-state index contributed by atoms with van der Waals surface area (Å²) in [4.78, 5) is 23.3. The van der Waals surface area contributed by atoms with Gasteiger partial charge in [0, 0.05) is 43.3 Å². The highest BCUT2D eigenvalue weighted by Gasteiger charge is 2.40. The number of alkyl halides is 2. The van der Waals surface area contributed by atoms with Crippen LogP contribution < -0.4 is 20.3 Å². The first-order valence-corrected chi connectivity index (χ1v) is 17.9. The van der Waals surface area contributed by atoms with Gasteiger partial charge in [-0.1, -0.05) is 53.0 Å². The maximum absolute atomic E-state index is 14.3. The lowest BCUT2D eigenvalue weighted by Gasteiger charge is -2.36. The molecule has 3 atom stereocenters. The van der Waals surface area contributed by atoms with E-state index in [1.54, 1.807) is 0 Å². The fourth-order valence-electron chi connectivity index (χ4n) is 6.84. The van der Waals surface area contributed by atoms with E-state index in [0.29, 0.717) is 53.4 Å². The van der Waals surface area contributed by atoms with Gasteiger partial charge in [-0.15, -0.1) is 0 Å². The van der Waals surface area contributed by atoms with Crippen molar-refractivity contribution < 1.29 is 18.3 Å². The summed E-state index contributed by atoms with van der Waals surface area (Å²) >= 11 is 19.5. The third kappa shape index (κ3) is 8.72. The molecule has 3 heterocycles. The van der Waals surface area contributed by atoms with Gasteiger partial charge in [-0.3, -0.25) is 4.79 Å². The molecule has 2 saturated heterocycles. The molecule has 0 spiro atoms. The minimum Gasteiger partial charge on any atom is -0.485 e.